The van der Waals surface area contributed by atoms with Crippen molar-refractivity contribution in [1.82, 2.24) is 0 Å². The second-order valence-corrected chi connectivity index (χ2v) is 6.81. The van der Waals surface area contributed by atoms with Gasteiger partial charge in [-0.2, -0.15) is 0 Å². The topological polar surface area (TPSA) is 40.5 Å². The van der Waals surface area contributed by atoms with Crippen molar-refractivity contribution in [3.05, 3.63) is 16.3 Å². The Balaban J connectivity index is 3.08. The van der Waals surface area contributed by atoms with Crippen LogP contribution >= 0.6 is 67.8 Å². The molecule has 0 saturated carbocycles. The maximum atomic E-state index is 9.92. The average molecular weight is 558 g/mol. The molecule has 0 saturated heterocycles. The molecule has 0 aliphatic heterocycles. The number of aromatic hydroxyl groups is 2. The van der Waals surface area contributed by atoms with E-state index in [-0.39, 0.29) is 11.5 Å². The van der Waals surface area contributed by atoms with Gasteiger partial charge >= 0.3 is 0 Å². The lowest BCUT2D eigenvalue weighted by atomic mass is 10.1. The Kier molecular flexibility index (Phi) is 6.42. The molecule has 1 rings (SSSR count). The number of phenols is 2. The van der Waals surface area contributed by atoms with E-state index in [0.717, 1.165) is 42.0 Å². The van der Waals surface area contributed by atoms with Crippen molar-refractivity contribution in [3.63, 3.8) is 0 Å². The van der Waals surface area contributed by atoms with Crippen LogP contribution in [-0.2, 0) is 6.42 Å². The first-order chi connectivity index (χ1) is 7.50. The fourth-order valence-electron chi connectivity index (χ4n) is 1.46. The van der Waals surface area contributed by atoms with Crippen molar-refractivity contribution in [3.8, 4) is 11.5 Å². The van der Waals surface area contributed by atoms with E-state index >= 15 is 0 Å². The molecular formula is C11H13I3O2. The average Bonchev–Trinajstić information content (AvgIpc) is 2.28. The van der Waals surface area contributed by atoms with Crippen LogP contribution in [0, 0.1) is 10.7 Å². The highest BCUT2D eigenvalue weighted by Gasteiger charge is 2.18. The predicted octanol–water partition coefficient (Wildman–Crippen LogP) is 4.64. The van der Waals surface area contributed by atoms with Gasteiger partial charge in [-0.15, -0.1) is 0 Å². The van der Waals surface area contributed by atoms with Crippen LogP contribution in [0.2, 0.25) is 0 Å². The number of benzene rings is 1. The quantitative estimate of drug-likeness (QED) is 0.245. The summed E-state index contributed by atoms with van der Waals surface area (Å²) in [5.41, 5.74) is 0.886. The highest BCUT2D eigenvalue weighted by atomic mass is 127. The number of hydrogen-bond acceptors (Lipinski definition) is 2. The molecular weight excluding hydrogens is 545 g/mol. The molecule has 2 N–H and O–H groups in total. The van der Waals surface area contributed by atoms with Gasteiger partial charge in [-0.3, -0.25) is 0 Å². The minimum Gasteiger partial charge on any atom is -0.504 e. The molecule has 0 fully saturated rings. The molecule has 0 radical (unpaired) electrons. The van der Waals surface area contributed by atoms with Gasteiger partial charge in [0, 0.05) is 12.7 Å². The zero-order valence-corrected chi connectivity index (χ0v) is 15.3. The molecule has 1 aromatic carbocycles. The summed E-state index contributed by atoms with van der Waals surface area (Å²) in [6.45, 7) is 2.15. The van der Waals surface area contributed by atoms with Gasteiger partial charge in [0.25, 0.3) is 0 Å². The Bertz CT molecular complexity index is 362. The van der Waals surface area contributed by atoms with Crippen molar-refractivity contribution in [2.75, 3.05) is 0 Å². The first-order valence-electron chi connectivity index (χ1n) is 5.07. The highest BCUT2D eigenvalue weighted by Crippen LogP contribution is 2.41. The number of hydrogen-bond donors (Lipinski definition) is 2. The van der Waals surface area contributed by atoms with Crippen LogP contribution in [0.25, 0.3) is 0 Å². The molecule has 0 amide bonds. The summed E-state index contributed by atoms with van der Waals surface area (Å²) in [7, 11) is 0. The van der Waals surface area contributed by atoms with Crippen LogP contribution in [0.4, 0.5) is 0 Å². The Labute approximate surface area is 137 Å². The van der Waals surface area contributed by atoms with E-state index in [1.165, 1.54) is 0 Å². The summed E-state index contributed by atoms with van der Waals surface area (Å²) < 4.78 is 2.83. The molecule has 0 unspecified atom stereocenters. The summed E-state index contributed by atoms with van der Waals surface area (Å²) >= 11 is 6.51. The number of halogens is 3. The van der Waals surface area contributed by atoms with E-state index in [2.05, 4.69) is 74.7 Å². The van der Waals surface area contributed by atoms with E-state index in [1.54, 1.807) is 0 Å². The van der Waals surface area contributed by atoms with Gasteiger partial charge in [-0.1, -0.05) is 19.8 Å². The van der Waals surface area contributed by atoms with Crippen molar-refractivity contribution < 1.29 is 10.2 Å². The van der Waals surface area contributed by atoms with Crippen LogP contribution in [0.5, 0.6) is 11.5 Å². The first-order valence-corrected chi connectivity index (χ1v) is 8.31. The molecule has 0 atom stereocenters. The van der Waals surface area contributed by atoms with Gasteiger partial charge in [-0.05, 0) is 80.6 Å². The van der Waals surface area contributed by atoms with Gasteiger partial charge in [0.05, 0.1) is 3.57 Å². The fraction of sp³-hybridized carbons (Fsp3) is 0.455. The molecule has 0 aliphatic rings. The lowest BCUT2D eigenvalue weighted by Gasteiger charge is -2.12. The van der Waals surface area contributed by atoms with E-state index in [1.807, 2.05) is 0 Å². The standard InChI is InChI=1S/C11H13I3O2/c1-2-3-4-5-6-7(12)8(13)9(14)11(16)10(6)15/h15-16H,2-5H2,1H3. The van der Waals surface area contributed by atoms with Crippen LogP contribution in [0.1, 0.15) is 31.7 Å². The largest absolute Gasteiger partial charge is 0.504 e. The normalized spacial score (nSPS) is 10.8. The van der Waals surface area contributed by atoms with Crippen LogP contribution in [0.3, 0.4) is 0 Å². The lowest BCUT2D eigenvalue weighted by molar-refractivity contribution is 0.395. The van der Waals surface area contributed by atoms with Crippen molar-refractivity contribution in [2.45, 2.75) is 32.6 Å². The molecule has 2 nitrogen and oxygen atoms in total. The maximum Gasteiger partial charge on any atom is 0.172 e. The van der Waals surface area contributed by atoms with Gasteiger partial charge < -0.3 is 10.2 Å². The van der Waals surface area contributed by atoms with Gasteiger partial charge in [0.1, 0.15) is 0 Å². The summed E-state index contributed by atoms with van der Waals surface area (Å²) in [6.07, 6.45) is 4.19. The molecule has 0 aromatic heterocycles. The zero-order valence-electron chi connectivity index (χ0n) is 8.86. The zero-order chi connectivity index (χ0) is 12.3. The molecule has 0 heterocycles. The van der Waals surface area contributed by atoms with Crippen LogP contribution < -0.4 is 0 Å². The number of unbranched alkanes of at least 4 members (excludes halogenated alkanes) is 2. The lowest BCUT2D eigenvalue weighted by Crippen LogP contribution is -1.97. The van der Waals surface area contributed by atoms with Gasteiger partial charge in [-0.25, -0.2) is 0 Å². The third kappa shape index (κ3) is 3.27. The Morgan fingerprint density at radius 1 is 0.875 bits per heavy atom. The van der Waals surface area contributed by atoms with Gasteiger partial charge in [0.15, 0.2) is 11.5 Å². The monoisotopic (exact) mass is 558 g/mol. The van der Waals surface area contributed by atoms with Crippen molar-refractivity contribution >= 4 is 67.8 Å². The smallest absolute Gasteiger partial charge is 0.172 e. The fourth-order valence-corrected chi connectivity index (χ4v) is 3.88. The molecule has 0 bridgehead atoms. The minimum atomic E-state index is 0.0249. The summed E-state index contributed by atoms with van der Waals surface area (Å²) in [4.78, 5) is 0. The van der Waals surface area contributed by atoms with E-state index in [0.29, 0.717) is 0 Å². The Morgan fingerprint density at radius 3 is 2.06 bits per heavy atom. The number of phenolic OH excluding ortho intramolecular Hbond substituents is 2. The van der Waals surface area contributed by atoms with E-state index in [4.69, 9.17) is 0 Å². The van der Waals surface area contributed by atoms with E-state index in [9.17, 15) is 10.2 Å². The van der Waals surface area contributed by atoms with E-state index < -0.39 is 0 Å². The molecule has 90 valence electrons. The molecule has 0 aliphatic carbocycles. The molecule has 0 spiro atoms. The van der Waals surface area contributed by atoms with Crippen molar-refractivity contribution in [1.29, 1.82) is 0 Å². The molecule has 5 heteroatoms. The number of rotatable bonds is 4. The summed E-state index contributed by atoms with van der Waals surface area (Å²) in [6, 6.07) is 0. The summed E-state index contributed by atoms with van der Waals surface area (Å²) in [5.74, 6) is 0.0854. The summed E-state index contributed by atoms with van der Waals surface area (Å²) in [5, 5.41) is 19.7. The predicted molar refractivity (Wildman–Crippen MR) is 91.2 cm³/mol. The Hall–Kier alpha value is 1.01. The van der Waals surface area contributed by atoms with Crippen molar-refractivity contribution in [2.24, 2.45) is 0 Å². The third-order valence-electron chi connectivity index (χ3n) is 2.40. The molecule has 16 heavy (non-hydrogen) atoms. The third-order valence-corrected chi connectivity index (χ3v) is 7.78. The minimum absolute atomic E-state index is 0.0249. The van der Waals surface area contributed by atoms with Crippen LogP contribution in [-0.4, -0.2) is 10.2 Å². The van der Waals surface area contributed by atoms with Crippen LogP contribution in [0.15, 0.2) is 0 Å². The second-order valence-electron chi connectivity index (χ2n) is 3.57. The SMILES string of the molecule is CCCCCc1c(O)c(O)c(I)c(I)c1I. The maximum absolute atomic E-state index is 9.92. The second kappa shape index (κ2) is 6.81. The Morgan fingerprint density at radius 2 is 1.50 bits per heavy atom. The highest BCUT2D eigenvalue weighted by molar-refractivity contribution is 14.1. The van der Waals surface area contributed by atoms with Gasteiger partial charge in [0.2, 0.25) is 0 Å². The first kappa shape index (κ1) is 15.1. The molecule has 1 aromatic rings.